The Morgan fingerprint density at radius 3 is 2.38 bits per heavy atom. The van der Waals surface area contributed by atoms with Gasteiger partial charge in [0, 0.05) is 25.7 Å². The number of methoxy groups -OCH3 is 2. The molecule has 0 spiro atoms. The minimum atomic E-state index is -0.560. The summed E-state index contributed by atoms with van der Waals surface area (Å²) in [6, 6.07) is 4.65. The van der Waals surface area contributed by atoms with Gasteiger partial charge in [0.15, 0.2) is 0 Å². The van der Waals surface area contributed by atoms with Crippen LogP contribution >= 0.6 is 0 Å². The number of carbonyl (C=O) groups excluding carboxylic acids is 2. The van der Waals surface area contributed by atoms with Gasteiger partial charge in [0.25, 0.3) is 5.91 Å². The lowest BCUT2D eigenvalue weighted by Gasteiger charge is -2.33. The van der Waals surface area contributed by atoms with Crippen LogP contribution in [0.2, 0.25) is 0 Å². The fourth-order valence-electron chi connectivity index (χ4n) is 4.74. The third-order valence-electron chi connectivity index (χ3n) is 6.45. The number of piperidine rings is 1. The van der Waals surface area contributed by atoms with Crippen molar-refractivity contribution < 1.29 is 19.1 Å². The number of hydrogen-bond acceptors (Lipinski definition) is 5. The second-order valence-electron chi connectivity index (χ2n) is 8.42. The molecule has 3 heterocycles. The predicted molar refractivity (Wildman–Crippen MR) is 122 cm³/mol. The molecule has 1 saturated heterocycles. The van der Waals surface area contributed by atoms with Crippen LogP contribution in [0.3, 0.4) is 0 Å². The van der Waals surface area contributed by atoms with E-state index in [1.54, 1.807) is 31.3 Å². The molecule has 8 heteroatoms. The van der Waals surface area contributed by atoms with Crippen molar-refractivity contribution in [2.75, 3.05) is 53.5 Å². The number of benzene rings is 1. The van der Waals surface area contributed by atoms with Crippen molar-refractivity contribution in [2.45, 2.75) is 25.3 Å². The van der Waals surface area contributed by atoms with Gasteiger partial charge in [0.1, 0.15) is 11.5 Å². The zero-order chi connectivity index (χ0) is 22.7. The highest BCUT2D eigenvalue weighted by atomic mass is 16.5. The Hall–Kier alpha value is -3.00. The van der Waals surface area contributed by atoms with Crippen LogP contribution in [0, 0.1) is 0 Å². The van der Waals surface area contributed by atoms with Gasteiger partial charge in [-0.1, -0.05) is 12.5 Å². The summed E-state index contributed by atoms with van der Waals surface area (Å²) in [6.07, 6.45) is 5.40. The molecule has 1 N–H and O–H groups in total. The first-order valence-corrected chi connectivity index (χ1v) is 11.2. The van der Waals surface area contributed by atoms with E-state index in [4.69, 9.17) is 9.47 Å². The third-order valence-corrected chi connectivity index (χ3v) is 6.45. The highest BCUT2D eigenvalue weighted by molar-refractivity contribution is 6.01. The number of urea groups is 1. The second kappa shape index (κ2) is 9.65. The number of nitrogens with one attached hydrogen (secondary N) is 1. The van der Waals surface area contributed by atoms with Gasteiger partial charge in [-0.15, -0.1) is 6.58 Å². The molecule has 1 unspecified atom stereocenters. The van der Waals surface area contributed by atoms with E-state index in [1.807, 2.05) is 17.0 Å². The van der Waals surface area contributed by atoms with E-state index >= 15 is 0 Å². The topological polar surface area (TPSA) is 74.4 Å². The van der Waals surface area contributed by atoms with Crippen LogP contribution < -0.4 is 14.8 Å². The Kier molecular flexibility index (Phi) is 6.69. The fraction of sp³-hybridized carbons (Fsp3) is 0.500. The highest BCUT2D eigenvalue weighted by Gasteiger charge is 2.43. The zero-order valence-corrected chi connectivity index (χ0v) is 18.9. The number of amides is 3. The summed E-state index contributed by atoms with van der Waals surface area (Å²) in [6.45, 7) is 8.24. The van der Waals surface area contributed by atoms with Gasteiger partial charge in [-0.25, -0.2) is 4.79 Å². The molecule has 3 aliphatic rings. The average molecular weight is 441 g/mol. The molecule has 1 aromatic carbocycles. The molecule has 8 nitrogen and oxygen atoms in total. The number of carbonyl (C=O) groups is 2. The Balaban J connectivity index is 1.63. The largest absolute Gasteiger partial charge is 0.497 e. The van der Waals surface area contributed by atoms with Crippen molar-refractivity contribution in [3.63, 3.8) is 0 Å². The van der Waals surface area contributed by atoms with E-state index < -0.39 is 6.04 Å². The van der Waals surface area contributed by atoms with Gasteiger partial charge in [-0.3, -0.25) is 9.69 Å². The maximum atomic E-state index is 13.5. The van der Waals surface area contributed by atoms with Gasteiger partial charge in [0.2, 0.25) is 0 Å². The molecule has 0 radical (unpaired) electrons. The van der Waals surface area contributed by atoms with Crippen LogP contribution in [-0.4, -0.2) is 80.1 Å². The predicted octanol–water partition coefficient (Wildman–Crippen LogP) is 2.54. The van der Waals surface area contributed by atoms with Crippen molar-refractivity contribution in [2.24, 2.45) is 0 Å². The molecule has 1 fully saturated rings. The van der Waals surface area contributed by atoms with Crippen molar-refractivity contribution in [1.29, 1.82) is 0 Å². The number of ether oxygens (including phenoxy) is 2. The molecule has 4 rings (SSSR count). The van der Waals surface area contributed by atoms with Crippen molar-refractivity contribution in [3.05, 3.63) is 47.7 Å². The average Bonchev–Trinajstić information content (AvgIpc) is 3.15. The molecular weight excluding hydrogens is 408 g/mol. The summed E-state index contributed by atoms with van der Waals surface area (Å²) in [4.78, 5) is 32.4. The maximum absolute atomic E-state index is 13.5. The molecule has 32 heavy (non-hydrogen) atoms. The SMILES string of the molecule is C=CCN1C(=O)NC(c2cc(OC)cc(OC)c2)C2=C1CN(CCN1CCCCC1)C2=O. The first-order valence-electron chi connectivity index (χ1n) is 11.2. The van der Waals surface area contributed by atoms with Gasteiger partial charge < -0.3 is 24.6 Å². The Labute approximate surface area is 189 Å². The van der Waals surface area contributed by atoms with Crippen LogP contribution in [0.15, 0.2) is 42.1 Å². The lowest BCUT2D eigenvalue weighted by molar-refractivity contribution is -0.126. The molecule has 172 valence electrons. The summed E-state index contributed by atoms with van der Waals surface area (Å²) < 4.78 is 10.8. The zero-order valence-electron chi connectivity index (χ0n) is 18.9. The van der Waals surface area contributed by atoms with E-state index in [1.165, 1.54) is 19.3 Å². The molecule has 1 aromatic rings. The summed E-state index contributed by atoms with van der Waals surface area (Å²) in [5.74, 6) is 1.19. The summed E-state index contributed by atoms with van der Waals surface area (Å²) in [5.41, 5.74) is 2.12. The van der Waals surface area contributed by atoms with Gasteiger partial charge >= 0.3 is 6.03 Å². The second-order valence-corrected chi connectivity index (χ2v) is 8.42. The van der Waals surface area contributed by atoms with E-state index in [0.717, 1.165) is 30.9 Å². The van der Waals surface area contributed by atoms with Crippen molar-refractivity contribution in [3.8, 4) is 11.5 Å². The molecule has 3 amide bonds. The quantitative estimate of drug-likeness (QED) is 0.629. The Morgan fingerprint density at radius 1 is 1.06 bits per heavy atom. The number of likely N-dealkylation sites (tertiary alicyclic amines) is 1. The third kappa shape index (κ3) is 4.32. The van der Waals surface area contributed by atoms with Crippen LogP contribution in [0.1, 0.15) is 30.9 Å². The molecule has 0 saturated carbocycles. The molecule has 1 atom stereocenters. The molecule has 3 aliphatic heterocycles. The van der Waals surface area contributed by atoms with Gasteiger partial charge in [0.05, 0.1) is 38.1 Å². The molecule has 0 aliphatic carbocycles. The van der Waals surface area contributed by atoms with Crippen LogP contribution in [-0.2, 0) is 4.79 Å². The van der Waals surface area contributed by atoms with E-state index in [9.17, 15) is 9.59 Å². The Morgan fingerprint density at radius 2 is 1.75 bits per heavy atom. The molecule has 0 aromatic heterocycles. The minimum absolute atomic E-state index is 0.0298. The Bertz CT molecular complexity index is 900. The normalized spacial score (nSPS) is 21.5. The first-order chi connectivity index (χ1) is 15.5. The summed E-state index contributed by atoms with van der Waals surface area (Å²) >= 11 is 0. The van der Waals surface area contributed by atoms with E-state index in [2.05, 4.69) is 16.8 Å². The van der Waals surface area contributed by atoms with Crippen molar-refractivity contribution >= 4 is 11.9 Å². The maximum Gasteiger partial charge on any atom is 0.322 e. The smallest absolute Gasteiger partial charge is 0.322 e. The van der Waals surface area contributed by atoms with Gasteiger partial charge in [-0.2, -0.15) is 0 Å². The van der Waals surface area contributed by atoms with Gasteiger partial charge in [-0.05, 0) is 43.6 Å². The lowest BCUT2D eigenvalue weighted by Crippen LogP contribution is -2.47. The van der Waals surface area contributed by atoms with Crippen LogP contribution in [0.25, 0.3) is 0 Å². The molecular formula is C24H32N4O4. The number of hydrogen-bond donors (Lipinski definition) is 1. The number of nitrogens with zero attached hydrogens (tertiary/aromatic N) is 3. The van der Waals surface area contributed by atoms with E-state index in [0.29, 0.717) is 36.7 Å². The van der Waals surface area contributed by atoms with Crippen LogP contribution in [0.5, 0.6) is 11.5 Å². The summed E-state index contributed by atoms with van der Waals surface area (Å²) in [5, 5.41) is 3.01. The lowest BCUT2D eigenvalue weighted by atomic mass is 9.95. The fourth-order valence-corrected chi connectivity index (χ4v) is 4.74. The highest BCUT2D eigenvalue weighted by Crippen LogP contribution is 2.38. The standard InChI is InChI=1S/C24H32N4O4/c1-4-8-28-20-16-27(12-11-26-9-6-5-7-10-26)23(29)21(20)22(25-24(28)30)17-13-18(31-2)15-19(14-17)32-3/h4,13-15,22H,1,5-12,16H2,2-3H3,(H,25,30). The minimum Gasteiger partial charge on any atom is -0.497 e. The number of rotatable bonds is 8. The van der Waals surface area contributed by atoms with Crippen molar-refractivity contribution in [1.82, 2.24) is 20.0 Å². The monoisotopic (exact) mass is 440 g/mol. The van der Waals surface area contributed by atoms with Crippen LogP contribution in [0.4, 0.5) is 4.79 Å². The van der Waals surface area contributed by atoms with E-state index in [-0.39, 0.29) is 11.9 Å². The molecule has 0 bridgehead atoms. The first kappa shape index (κ1) is 22.2. The summed E-state index contributed by atoms with van der Waals surface area (Å²) in [7, 11) is 3.16.